The van der Waals surface area contributed by atoms with E-state index in [1.807, 2.05) is 31.2 Å². The first-order valence-electron chi connectivity index (χ1n) is 6.25. The standard InChI is InChI=1S/C15H16N2O3/c1-10(14-8-12(15(19)20)5-6-16-14)17-13-4-2-3-11(7-13)9-18/h2-8,10,17-18H,9H2,1H3,(H,19,20). The third-order valence-electron chi connectivity index (χ3n) is 2.96. The molecule has 0 spiro atoms. The van der Waals surface area contributed by atoms with Crippen LogP contribution < -0.4 is 5.32 Å². The molecular weight excluding hydrogens is 256 g/mol. The van der Waals surface area contributed by atoms with Crippen LogP contribution in [0.3, 0.4) is 0 Å². The zero-order valence-electron chi connectivity index (χ0n) is 11.1. The molecule has 0 aliphatic heterocycles. The topological polar surface area (TPSA) is 82.5 Å². The third kappa shape index (κ3) is 3.33. The van der Waals surface area contributed by atoms with Gasteiger partial charge in [0, 0.05) is 11.9 Å². The quantitative estimate of drug-likeness (QED) is 0.778. The summed E-state index contributed by atoms with van der Waals surface area (Å²) in [5.41, 5.74) is 2.54. The van der Waals surface area contributed by atoms with E-state index >= 15 is 0 Å². The fourth-order valence-corrected chi connectivity index (χ4v) is 1.90. The number of pyridine rings is 1. The summed E-state index contributed by atoms with van der Waals surface area (Å²) in [4.78, 5) is 15.1. The average Bonchev–Trinajstić information content (AvgIpc) is 2.47. The Bertz CT molecular complexity index is 614. The second-order valence-corrected chi connectivity index (χ2v) is 4.50. The summed E-state index contributed by atoms with van der Waals surface area (Å²) in [6.45, 7) is 1.89. The fourth-order valence-electron chi connectivity index (χ4n) is 1.90. The molecule has 0 radical (unpaired) electrons. The Morgan fingerprint density at radius 1 is 1.35 bits per heavy atom. The summed E-state index contributed by atoms with van der Waals surface area (Å²) in [6, 6.07) is 10.3. The average molecular weight is 272 g/mol. The van der Waals surface area contributed by atoms with Crippen LogP contribution in [0.1, 0.15) is 34.6 Å². The van der Waals surface area contributed by atoms with Crippen LogP contribution in [0.15, 0.2) is 42.6 Å². The van der Waals surface area contributed by atoms with Crippen LogP contribution in [0.4, 0.5) is 5.69 Å². The van der Waals surface area contributed by atoms with E-state index < -0.39 is 5.97 Å². The largest absolute Gasteiger partial charge is 0.478 e. The van der Waals surface area contributed by atoms with Gasteiger partial charge in [-0.2, -0.15) is 0 Å². The monoisotopic (exact) mass is 272 g/mol. The van der Waals surface area contributed by atoms with Gasteiger partial charge in [-0.25, -0.2) is 4.79 Å². The van der Waals surface area contributed by atoms with Crippen molar-refractivity contribution in [2.24, 2.45) is 0 Å². The molecule has 2 aromatic rings. The summed E-state index contributed by atoms with van der Waals surface area (Å²) in [5, 5.41) is 21.3. The van der Waals surface area contributed by atoms with Gasteiger partial charge in [0.25, 0.3) is 0 Å². The molecule has 2 rings (SSSR count). The molecule has 5 heteroatoms. The molecule has 0 aliphatic rings. The van der Waals surface area contributed by atoms with Crippen molar-refractivity contribution in [3.05, 3.63) is 59.4 Å². The lowest BCUT2D eigenvalue weighted by Gasteiger charge is -2.15. The van der Waals surface area contributed by atoms with Crippen molar-refractivity contribution in [1.82, 2.24) is 4.98 Å². The number of aromatic nitrogens is 1. The van der Waals surface area contributed by atoms with E-state index in [0.717, 1.165) is 11.3 Å². The number of aromatic carboxylic acids is 1. The van der Waals surface area contributed by atoms with Crippen LogP contribution in [0, 0.1) is 0 Å². The second kappa shape index (κ2) is 6.16. The van der Waals surface area contributed by atoms with Crippen molar-refractivity contribution in [2.75, 3.05) is 5.32 Å². The minimum Gasteiger partial charge on any atom is -0.478 e. The van der Waals surface area contributed by atoms with Crippen LogP contribution >= 0.6 is 0 Å². The van der Waals surface area contributed by atoms with Gasteiger partial charge >= 0.3 is 5.97 Å². The van der Waals surface area contributed by atoms with Crippen molar-refractivity contribution in [3.8, 4) is 0 Å². The van der Waals surface area contributed by atoms with Crippen LogP contribution in [0.2, 0.25) is 0 Å². The van der Waals surface area contributed by atoms with Gasteiger partial charge < -0.3 is 15.5 Å². The Labute approximate surface area is 116 Å². The summed E-state index contributed by atoms with van der Waals surface area (Å²) < 4.78 is 0. The maximum absolute atomic E-state index is 10.9. The Hall–Kier alpha value is -2.40. The number of aliphatic hydroxyl groups excluding tert-OH is 1. The first kappa shape index (κ1) is 14.0. The number of hydrogen-bond donors (Lipinski definition) is 3. The van der Waals surface area contributed by atoms with Gasteiger partial charge in [0.2, 0.25) is 0 Å². The van der Waals surface area contributed by atoms with Crippen molar-refractivity contribution in [3.63, 3.8) is 0 Å². The molecular formula is C15H16N2O3. The van der Waals surface area contributed by atoms with Crippen LogP contribution in [-0.4, -0.2) is 21.2 Å². The minimum atomic E-state index is -0.969. The van der Waals surface area contributed by atoms with Crippen LogP contribution in [0.25, 0.3) is 0 Å². The molecule has 0 saturated heterocycles. The first-order chi connectivity index (χ1) is 9.60. The smallest absolute Gasteiger partial charge is 0.335 e. The predicted molar refractivity (Wildman–Crippen MR) is 75.6 cm³/mol. The molecule has 5 nitrogen and oxygen atoms in total. The highest BCUT2D eigenvalue weighted by Gasteiger charge is 2.10. The lowest BCUT2D eigenvalue weighted by Crippen LogP contribution is -2.10. The van der Waals surface area contributed by atoms with E-state index in [-0.39, 0.29) is 18.2 Å². The van der Waals surface area contributed by atoms with Gasteiger partial charge in [-0.05, 0) is 36.8 Å². The van der Waals surface area contributed by atoms with E-state index in [0.29, 0.717) is 5.69 Å². The van der Waals surface area contributed by atoms with Gasteiger partial charge in [0.15, 0.2) is 0 Å². The van der Waals surface area contributed by atoms with Crippen molar-refractivity contribution < 1.29 is 15.0 Å². The molecule has 0 bridgehead atoms. The number of benzene rings is 1. The Morgan fingerprint density at radius 3 is 2.85 bits per heavy atom. The molecule has 1 unspecified atom stereocenters. The molecule has 0 saturated carbocycles. The van der Waals surface area contributed by atoms with Crippen LogP contribution in [-0.2, 0) is 6.61 Å². The maximum Gasteiger partial charge on any atom is 0.335 e. The third-order valence-corrected chi connectivity index (χ3v) is 2.96. The number of carbonyl (C=O) groups is 1. The molecule has 0 aliphatic carbocycles. The Kier molecular flexibility index (Phi) is 4.32. The normalized spacial score (nSPS) is 11.9. The molecule has 1 aromatic heterocycles. The molecule has 20 heavy (non-hydrogen) atoms. The summed E-state index contributed by atoms with van der Waals surface area (Å²) in [5.74, 6) is -0.969. The summed E-state index contributed by atoms with van der Waals surface area (Å²) >= 11 is 0. The molecule has 104 valence electrons. The number of anilines is 1. The summed E-state index contributed by atoms with van der Waals surface area (Å²) in [7, 11) is 0. The highest BCUT2D eigenvalue weighted by Crippen LogP contribution is 2.19. The number of carboxylic acids is 1. The van der Waals surface area contributed by atoms with E-state index in [4.69, 9.17) is 10.2 Å². The number of carboxylic acid groups (broad SMARTS) is 1. The lowest BCUT2D eigenvalue weighted by molar-refractivity contribution is 0.0696. The minimum absolute atomic E-state index is 0.0172. The zero-order valence-corrected chi connectivity index (χ0v) is 11.1. The Balaban J connectivity index is 2.16. The van der Waals surface area contributed by atoms with Crippen molar-refractivity contribution in [2.45, 2.75) is 19.6 Å². The van der Waals surface area contributed by atoms with Gasteiger partial charge in [-0.15, -0.1) is 0 Å². The van der Waals surface area contributed by atoms with Gasteiger partial charge in [-0.1, -0.05) is 12.1 Å². The molecule has 1 atom stereocenters. The van der Waals surface area contributed by atoms with E-state index in [9.17, 15) is 4.79 Å². The highest BCUT2D eigenvalue weighted by atomic mass is 16.4. The first-order valence-corrected chi connectivity index (χ1v) is 6.25. The molecule has 3 N–H and O–H groups in total. The van der Waals surface area contributed by atoms with Crippen molar-refractivity contribution in [1.29, 1.82) is 0 Å². The molecule has 0 amide bonds. The zero-order chi connectivity index (χ0) is 14.5. The summed E-state index contributed by atoms with van der Waals surface area (Å²) in [6.07, 6.45) is 1.49. The fraction of sp³-hybridized carbons (Fsp3) is 0.200. The number of aliphatic hydroxyl groups is 1. The van der Waals surface area contributed by atoms with E-state index in [2.05, 4.69) is 10.3 Å². The second-order valence-electron chi connectivity index (χ2n) is 4.50. The molecule has 1 heterocycles. The number of hydrogen-bond acceptors (Lipinski definition) is 4. The SMILES string of the molecule is CC(Nc1cccc(CO)c1)c1cc(C(=O)O)ccn1. The van der Waals surface area contributed by atoms with Gasteiger partial charge in [-0.3, -0.25) is 4.98 Å². The number of rotatable bonds is 5. The van der Waals surface area contributed by atoms with Crippen molar-refractivity contribution >= 4 is 11.7 Å². The highest BCUT2D eigenvalue weighted by molar-refractivity contribution is 5.87. The Morgan fingerprint density at radius 2 is 2.15 bits per heavy atom. The number of nitrogens with one attached hydrogen (secondary N) is 1. The molecule has 0 fully saturated rings. The van der Waals surface area contributed by atoms with Gasteiger partial charge in [0.1, 0.15) is 0 Å². The van der Waals surface area contributed by atoms with E-state index in [1.54, 1.807) is 6.07 Å². The molecule has 1 aromatic carbocycles. The van der Waals surface area contributed by atoms with E-state index in [1.165, 1.54) is 12.3 Å². The predicted octanol–water partition coefficient (Wildman–Crippen LogP) is 2.45. The maximum atomic E-state index is 10.9. The lowest BCUT2D eigenvalue weighted by atomic mass is 10.1. The van der Waals surface area contributed by atoms with Crippen LogP contribution in [0.5, 0.6) is 0 Å². The van der Waals surface area contributed by atoms with Gasteiger partial charge in [0.05, 0.1) is 23.9 Å². The number of nitrogens with zero attached hydrogens (tertiary/aromatic N) is 1.